The number of fused-ring (bicyclic) bond motifs is 4. The third-order valence-corrected chi connectivity index (χ3v) is 8.33. The van der Waals surface area contributed by atoms with Crippen LogP contribution in [0.3, 0.4) is 0 Å². The van der Waals surface area contributed by atoms with Gasteiger partial charge in [-0.1, -0.05) is 24.3 Å². The molecule has 0 atom stereocenters. The molecule has 1 aliphatic heterocycles. The van der Waals surface area contributed by atoms with Gasteiger partial charge in [0.15, 0.2) is 0 Å². The summed E-state index contributed by atoms with van der Waals surface area (Å²) in [6.45, 7) is 4.60. The topological polar surface area (TPSA) is 85.2 Å². The molecule has 9 heteroatoms. The Kier molecular flexibility index (Phi) is 4.53. The second kappa shape index (κ2) is 7.12. The average molecular weight is 439 g/mol. The van der Waals surface area contributed by atoms with Gasteiger partial charge in [-0.15, -0.1) is 17.9 Å². The minimum absolute atomic E-state index is 0.105. The summed E-state index contributed by atoms with van der Waals surface area (Å²) in [4.78, 5) is 23.3. The molecule has 3 aromatic heterocycles. The van der Waals surface area contributed by atoms with Crippen LogP contribution in [0.5, 0.6) is 0 Å². The minimum Gasteiger partial charge on any atom is -0.295 e. The van der Waals surface area contributed by atoms with Crippen LogP contribution in [0.4, 0.5) is 0 Å². The summed E-state index contributed by atoms with van der Waals surface area (Å²) in [5.74, 6) is 0. The van der Waals surface area contributed by atoms with E-state index in [1.165, 1.54) is 26.5 Å². The Morgan fingerprint density at radius 1 is 1.20 bits per heavy atom. The fourth-order valence-corrected chi connectivity index (χ4v) is 6.74. The Morgan fingerprint density at radius 2 is 2.03 bits per heavy atom. The molecule has 0 saturated carbocycles. The number of sulfonamides is 1. The number of hydrogen-bond acceptors (Lipinski definition) is 6. The highest BCUT2D eigenvalue weighted by Gasteiger charge is 2.32. The van der Waals surface area contributed by atoms with Crippen LogP contribution in [-0.4, -0.2) is 33.8 Å². The summed E-state index contributed by atoms with van der Waals surface area (Å²) >= 11 is 1.39. The standard InChI is InChI=1S/C21H18N4O3S2/c1-2-10-24-13-23-20-18(21(24)26)15-8-11-25(12-16(15)29-20)30(27,28)17-7-3-5-14-6-4-9-22-19(14)17/h2-7,9,13H,1,8,10-12H2. The molecular formula is C21H18N4O3S2. The van der Waals surface area contributed by atoms with Crippen molar-refractivity contribution < 1.29 is 8.42 Å². The summed E-state index contributed by atoms with van der Waals surface area (Å²) < 4.78 is 29.9. The summed E-state index contributed by atoms with van der Waals surface area (Å²) in [6.07, 6.45) is 5.24. The lowest BCUT2D eigenvalue weighted by Gasteiger charge is -2.26. The monoisotopic (exact) mass is 438 g/mol. The number of thiophene rings is 1. The lowest BCUT2D eigenvalue weighted by Crippen LogP contribution is -2.35. The molecule has 0 N–H and O–H groups in total. The van der Waals surface area contributed by atoms with E-state index in [2.05, 4.69) is 16.5 Å². The van der Waals surface area contributed by atoms with Crippen molar-refractivity contribution in [1.29, 1.82) is 0 Å². The fourth-order valence-electron chi connectivity index (χ4n) is 3.89. The van der Waals surface area contributed by atoms with E-state index < -0.39 is 10.0 Å². The first kappa shape index (κ1) is 19.1. The largest absolute Gasteiger partial charge is 0.295 e. The molecule has 0 amide bonds. The molecule has 1 aliphatic rings. The molecule has 0 fully saturated rings. The van der Waals surface area contributed by atoms with Gasteiger partial charge in [-0.2, -0.15) is 4.31 Å². The van der Waals surface area contributed by atoms with E-state index in [1.807, 2.05) is 12.1 Å². The molecule has 5 rings (SSSR count). The molecule has 0 aliphatic carbocycles. The molecule has 4 aromatic rings. The van der Waals surface area contributed by atoms with Gasteiger partial charge in [0.2, 0.25) is 10.0 Å². The molecule has 30 heavy (non-hydrogen) atoms. The van der Waals surface area contributed by atoms with Crippen LogP contribution in [0.2, 0.25) is 0 Å². The lowest BCUT2D eigenvalue weighted by atomic mass is 10.1. The molecule has 0 unspecified atom stereocenters. The Bertz CT molecular complexity index is 1470. The SMILES string of the molecule is C=CCn1cnc2sc3c(c2c1=O)CCN(S(=O)(=O)c1cccc2cccnc12)C3. The van der Waals surface area contributed by atoms with Crippen molar-refractivity contribution in [2.24, 2.45) is 0 Å². The van der Waals surface area contributed by atoms with E-state index in [1.54, 1.807) is 30.5 Å². The normalized spacial score (nSPS) is 14.8. The van der Waals surface area contributed by atoms with Crippen LogP contribution in [0.1, 0.15) is 10.4 Å². The zero-order valence-corrected chi connectivity index (χ0v) is 17.6. The molecule has 152 valence electrons. The van der Waals surface area contributed by atoms with E-state index in [-0.39, 0.29) is 17.0 Å². The Morgan fingerprint density at radius 3 is 2.87 bits per heavy atom. The van der Waals surface area contributed by atoms with Crippen molar-refractivity contribution in [2.75, 3.05) is 6.54 Å². The van der Waals surface area contributed by atoms with Crippen molar-refractivity contribution >= 4 is 42.5 Å². The number of allylic oxidation sites excluding steroid dienone is 1. The summed E-state index contributed by atoms with van der Waals surface area (Å²) in [5, 5.41) is 1.38. The average Bonchev–Trinajstić information content (AvgIpc) is 3.14. The first-order valence-electron chi connectivity index (χ1n) is 9.45. The first-order chi connectivity index (χ1) is 14.5. The van der Waals surface area contributed by atoms with Crippen LogP contribution in [0.15, 0.2) is 65.2 Å². The van der Waals surface area contributed by atoms with Gasteiger partial charge < -0.3 is 0 Å². The fraction of sp³-hybridized carbons (Fsp3) is 0.190. The highest BCUT2D eigenvalue weighted by Crippen LogP contribution is 2.35. The van der Waals surface area contributed by atoms with E-state index in [0.717, 1.165) is 15.8 Å². The molecule has 0 radical (unpaired) electrons. The third-order valence-electron chi connectivity index (χ3n) is 5.33. The quantitative estimate of drug-likeness (QED) is 0.458. The van der Waals surface area contributed by atoms with Gasteiger partial charge in [-0.3, -0.25) is 14.3 Å². The maximum atomic E-state index is 13.4. The zero-order valence-electron chi connectivity index (χ0n) is 16.0. The van der Waals surface area contributed by atoms with E-state index in [9.17, 15) is 13.2 Å². The van der Waals surface area contributed by atoms with Crippen LogP contribution in [-0.2, 0) is 29.5 Å². The van der Waals surface area contributed by atoms with Gasteiger partial charge >= 0.3 is 0 Å². The summed E-state index contributed by atoms with van der Waals surface area (Å²) in [5.41, 5.74) is 1.27. The van der Waals surface area contributed by atoms with Gasteiger partial charge in [-0.05, 0) is 24.1 Å². The number of hydrogen-bond donors (Lipinski definition) is 0. The number of nitrogens with zero attached hydrogens (tertiary/aromatic N) is 4. The third kappa shape index (κ3) is 2.89. The molecule has 0 saturated heterocycles. The van der Waals surface area contributed by atoms with Crippen molar-refractivity contribution in [3.63, 3.8) is 0 Å². The van der Waals surface area contributed by atoms with Crippen LogP contribution < -0.4 is 5.56 Å². The molecule has 7 nitrogen and oxygen atoms in total. The van der Waals surface area contributed by atoms with Crippen molar-refractivity contribution in [2.45, 2.75) is 24.4 Å². The highest BCUT2D eigenvalue weighted by atomic mass is 32.2. The van der Waals surface area contributed by atoms with Crippen LogP contribution in [0.25, 0.3) is 21.1 Å². The molecule has 0 spiro atoms. The molecule has 4 heterocycles. The van der Waals surface area contributed by atoms with Crippen LogP contribution >= 0.6 is 11.3 Å². The summed E-state index contributed by atoms with van der Waals surface area (Å²) in [7, 11) is -3.74. The molecule has 1 aromatic carbocycles. The Hall–Kier alpha value is -2.88. The van der Waals surface area contributed by atoms with Gasteiger partial charge in [0.25, 0.3) is 5.56 Å². The predicted molar refractivity (Wildman–Crippen MR) is 117 cm³/mol. The van der Waals surface area contributed by atoms with Gasteiger partial charge in [0, 0.05) is 36.1 Å². The first-order valence-corrected chi connectivity index (χ1v) is 11.7. The summed E-state index contributed by atoms with van der Waals surface area (Å²) in [6, 6.07) is 8.82. The maximum Gasteiger partial charge on any atom is 0.262 e. The maximum absolute atomic E-state index is 13.4. The lowest BCUT2D eigenvalue weighted by molar-refractivity contribution is 0.397. The number of pyridine rings is 1. The number of aromatic nitrogens is 3. The van der Waals surface area contributed by atoms with Crippen molar-refractivity contribution in [3.8, 4) is 0 Å². The predicted octanol–water partition coefficient (Wildman–Crippen LogP) is 2.94. The van der Waals surface area contributed by atoms with Gasteiger partial charge in [-0.25, -0.2) is 13.4 Å². The van der Waals surface area contributed by atoms with E-state index >= 15 is 0 Å². The second-order valence-corrected chi connectivity index (χ2v) is 10.1. The van der Waals surface area contributed by atoms with Crippen molar-refractivity contribution in [1.82, 2.24) is 18.8 Å². The van der Waals surface area contributed by atoms with Crippen molar-refractivity contribution in [3.05, 3.63) is 76.3 Å². The smallest absolute Gasteiger partial charge is 0.262 e. The van der Waals surface area contributed by atoms with Gasteiger partial charge in [0.05, 0.1) is 17.2 Å². The molecular weight excluding hydrogens is 420 g/mol. The Balaban J connectivity index is 1.58. The number of para-hydroxylation sites is 1. The van der Waals surface area contributed by atoms with E-state index in [0.29, 0.717) is 35.2 Å². The number of benzene rings is 1. The minimum atomic E-state index is -3.74. The Labute approximate surface area is 177 Å². The second-order valence-electron chi connectivity index (χ2n) is 7.09. The zero-order chi connectivity index (χ0) is 20.9. The number of rotatable bonds is 4. The van der Waals surface area contributed by atoms with Crippen LogP contribution in [0, 0.1) is 0 Å². The van der Waals surface area contributed by atoms with E-state index in [4.69, 9.17) is 0 Å². The molecule has 0 bridgehead atoms. The highest BCUT2D eigenvalue weighted by molar-refractivity contribution is 7.89. The van der Waals surface area contributed by atoms with Gasteiger partial charge in [0.1, 0.15) is 9.73 Å².